The van der Waals surface area contributed by atoms with Crippen molar-refractivity contribution in [3.05, 3.63) is 23.2 Å². The Bertz CT molecular complexity index is 698. The third kappa shape index (κ3) is 4.73. The van der Waals surface area contributed by atoms with Gasteiger partial charge in [0.25, 0.3) is 0 Å². The zero-order chi connectivity index (χ0) is 17.7. The monoisotopic (exact) mass is 358 g/mol. The van der Waals surface area contributed by atoms with E-state index in [1.807, 2.05) is 18.2 Å². The molecule has 1 fully saturated rings. The molecule has 1 N–H and O–H groups in total. The van der Waals surface area contributed by atoms with Gasteiger partial charge in [-0.25, -0.2) is 0 Å². The van der Waals surface area contributed by atoms with Crippen molar-refractivity contribution in [1.29, 1.82) is 0 Å². The first-order valence-electron chi connectivity index (χ1n) is 8.84. The first-order valence-corrected chi connectivity index (χ1v) is 9.22. The summed E-state index contributed by atoms with van der Waals surface area (Å²) in [4.78, 5) is 14.7. The van der Waals surface area contributed by atoms with E-state index in [4.69, 9.17) is 18.0 Å². The van der Waals surface area contributed by atoms with Gasteiger partial charge in [0, 0.05) is 43.8 Å². The topological polar surface area (TPSA) is 57.1 Å². The van der Waals surface area contributed by atoms with Crippen molar-refractivity contribution in [2.24, 2.45) is 10.2 Å². The second kappa shape index (κ2) is 7.88. The van der Waals surface area contributed by atoms with E-state index in [0.717, 1.165) is 24.5 Å². The highest BCUT2D eigenvalue weighted by Crippen LogP contribution is 2.38. The lowest BCUT2D eigenvalue weighted by molar-refractivity contribution is -0.116. The van der Waals surface area contributed by atoms with Gasteiger partial charge in [-0.1, -0.05) is 11.6 Å². The quantitative estimate of drug-likeness (QED) is 0.723. The molecule has 0 atom stereocenters. The number of terminal acetylenes is 1. The fraction of sp³-hybridized carbons (Fsp3) is 0.526. The molecule has 0 aliphatic carbocycles. The number of rotatable bonds is 7. The van der Waals surface area contributed by atoms with Crippen molar-refractivity contribution in [2.75, 3.05) is 23.3 Å². The summed E-state index contributed by atoms with van der Waals surface area (Å²) < 4.78 is 0. The van der Waals surface area contributed by atoms with Crippen molar-refractivity contribution >= 4 is 28.9 Å². The molecular weight excluding hydrogens is 336 g/mol. The van der Waals surface area contributed by atoms with Gasteiger partial charge in [-0.05, 0) is 37.5 Å². The number of halogens is 1. The normalized spacial score (nSPS) is 17.8. The van der Waals surface area contributed by atoms with Crippen molar-refractivity contribution in [1.82, 2.24) is 0 Å². The molecule has 132 valence electrons. The second-order valence-electron chi connectivity index (χ2n) is 6.64. The van der Waals surface area contributed by atoms with Crippen LogP contribution < -0.4 is 10.2 Å². The number of carbonyl (C=O) groups is 1. The van der Waals surface area contributed by atoms with Gasteiger partial charge in [0.15, 0.2) is 5.66 Å². The van der Waals surface area contributed by atoms with Crippen molar-refractivity contribution in [3.8, 4) is 12.3 Å². The van der Waals surface area contributed by atoms with E-state index in [0.29, 0.717) is 30.7 Å². The molecule has 2 aliphatic heterocycles. The molecule has 0 saturated carbocycles. The Morgan fingerprint density at radius 1 is 1.28 bits per heavy atom. The summed E-state index contributed by atoms with van der Waals surface area (Å²) in [5, 5.41) is 11.8. The Morgan fingerprint density at radius 3 is 2.72 bits per heavy atom. The molecule has 1 saturated heterocycles. The Balaban J connectivity index is 1.60. The predicted octanol–water partition coefficient (Wildman–Crippen LogP) is 4.62. The highest BCUT2D eigenvalue weighted by Gasteiger charge is 2.39. The fourth-order valence-corrected chi connectivity index (χ4v) is 3.39. The number of benzene rings is 1. The molecule has 1 aromatic carbocycles. The molecule has 1 aromatic rings. The molecule has 0 aromatic heterocycles. The Kier molecular flexibility index (Phi) is 5.60. The predicted molar refractivity (Wildman–Crippen MR) is 101 cm³/mol. The molecule has 0 bridgehead atoms. The van der Waals surface area contributed by atoms with E-state index in [1.165, 1.54) is 19.3 Å². The van der Waals surface area contributed by atoms with Gasteiger partial charge < -0.3 is 10.2 Å². The van der Waals surface area contributed by atoms with Crippen LogP contribution in [0.25, 0.3) is 0 Å². The highest BCUT2D eigenvalue weighted by atomic mass is 35.5. The van der Waals surface area contributed by atoms with E-state index < -0.39 is 5.66 Å². The van der Waals surface area contributed by atoms with E-state index in [9.17, 15) is 4.79 Å². The largest absolute Gasteiger partial charge is 0.370 e. The summed E-state index contributed by atoms with van der Waals surface area (Å²) in [6.45, 7) is 2.02. The molecule has 6 heteroatoms. The van der Waals surface area contributed by atoms with Crippen LogP contribution in [0.4, 0.5) is 11.4 Å². The minimum absolute atomic E-state index is 0.0436. The van der Waals surface area contributed by atoms with Gasteiger partial charge in [-0.2, -0.15) is 10.2 Å². The maximum Gasteiger partial charge on any atom is 0.224 e. The Hall–Kier alpha value is -2.06. The van der Waals surface area contributed by atoms with E-state index in [-0.39, 0.29) is 5.91 Å². The minimum Gasteiger partial charge on any atom is -0.370 e. The van der Waals surface area contributed by atoms with Crippen LogP contribution in [0.15, 0.2) is 28.4 Å². The minimum atomic E-state index is -0.423. The van der Waals surface area contributed by atoms with Crippen molar-refractivity contribution in [3.63, 3.8) is 0 Å². The smallest absolute Gasteiger partial charge is 0.224 e. The lowest BCUT2D eigenvalue weighted by Crippen LogP contribution is -2.30. The van der Waals surface area contributed by atoms with Crippen LogP contribution in [0.1, 0.15) is 44.9 Å². The van der Waals surface area contributed by atoms with Crippen LogP contribution in [-0.2, 0) is 4.79 Å². The SMILES string of the molecule is C#CCCC1(CCC(=O)Nc2cc(Cl)ccc2N2CCCCC2)N=N1. The fourth-order valence-electron chi connectivity index (χ4n) is 3.21. The number of nitrogens with zero attached hydrogens (tertiary/aromatic N) is 3. The number of anilines is 2. The second-order valence-corrected chi connectivity index (χ2v) is 7.08. The summed E-state index contributed by atoms with van der Waals surface area (Å²) in [5.41, 5.74) is 1.40. The van der Waals surface area contributed by atoms with Gasteiger partial charge in [0.2, 0.25) is 5.91 Å². The number of hydrogen-bond acceptors (Lipinski definition) is 4. The summed E-state index contributed by atoms with van der Waals surface area (Å²) in [6.07, 6.45) is 11.2. The maximum absolute atomic E-state index is 12.4. The Labute approximate surface area is 153 Å². The average molecular weight is 359 g/mol. The van der Waals surface area contributed by atoms with Gasteiger partial charge in [0.05, 0.1) is 11.4 Å². The zero-order valence-corrected chi connectivity index (χ0v) is 15.1. The number of amides is 1. The third-order valence-corrected chi connectivity index (χ3v) is 4.97. The number of hydrogen-bond donors (Lipinski definition) is 1. The lowest BCUT2D eigenvalue weighted by atomic mass is 10.0. The van der Waals surface area contributed by atoms with Crippen molar-refractivity contribution < 1.29 is 4.79 Å². The summed E-state index contributed by atoms with van der Waals surface area (Å²) >= 11 is 6.14. The lowest BCUT2D eigenvalue weighted by Gasteiger charge is -2.30. The van der Waals surface area contributed by atoms with Gasteiger partial charge in [-0.15, -0.1) is 12.3 Å². The first kappa shape index (κ1) is 17.8. The van der Waals surface area contributed by atoms with Crippen molar-refractivity contribution in [2.45, 2.75) is 50.6 Å². The summed E-state index contributed by atoms with van der Waals surface area (Å²) in [6, 6.07) is 5.69. The molecular formula is C19H23ClN4O. The molecule has 2 aliphatic rings. The highest BCUT2D eigenvalue weighted by molar-refractivity contribution is 6.31. The molecule has 3 rings (SSSR count). The average Bonchev–Trinajstić information content (AvgIpc) is 3.40. The Morgan fingerprint density at radius 2 is 2.04 bits per heavy atom. The van der Waals surface area contributed by atoms with E-state index in [2.05, 4.69) is 26.4 Å². The van der Waals surface area contributed by atoms with Gasteiger partial charge >= 0.3 is 0 Å². The number of carbonyl (C=O) groups excluding carboxylic acids is 1. The van der Waals surface area contributed by atoms with Gasteiger partial charge in [0.1, 0.15) is 0 Å². The van der Waals surface area contributed by atoms with Crippen LogP contribution in [0.2, 0.25) is 5.02 Å². The third-order valence-electron chi connectivity index (χ3n) is 4.73. The van der Waals surface area contributed by atoms with Crippen LogP contribution in [0.5, 0.6) is 0 Å². The van der Waals surface area contributed by atoms with Crippen LogP contribution in [-0.4, -0.2) is 24.7 Å². The zero-order valence-electron chi connectivity index (χ0n) is 14.3. The first-order chi connectivity index (χ1) is 12.1. The number of piperidine rings is 1. The van der Waals surface area contributed by atoms with E-state index >= 15 is 0 Å². The molecule has 2 heterocycles. The van der Waals surface area contributed by atoms with Crippen LogP contribution >= 0.6 is 11.6 Å². The molecule has 1 amide bonds. The standard InChI is InChI=1S/C19H23ClN4O/c1-2-3-10-19(22-23-19)11-9-18(25)21-16-14-15(20)7-8-17(16)24-12-5-4-6-13-24/h1,7-8,14H,3-6,9-13H2,(H,21,25). The molecule has 0 unspecified atom stereocenters. The molecule has 0 spiro atoms. The van der Waals surface area contributed by atoms with Crippen LogP contribution in [0, 0.1) is 12.3 Å². The summed E-state index contributed by atoms with van der Waals surface area (Å²) in [5.74, 6) is 2.56. The number of nitrogens with one attached hydrogen (secondary N) is 1. The molecule has 5 nitrogen and oxygen atoms in total. The van der Waals surface area contributed by atoms with Gasteiger partial charge in [-0.3, -0.25) is 4.79 Å². The molecule has 0 radical (unpaired) electrons. The maximum atomic E-state index is 12.4. The summed E-state index contributed by atoms with van der Waals surface area (Å²) in [7, 11) is 0. The van der Waals surface area contributed by atoms with Crippen LogP contribution in [0.3, 0.4) is 0 Å². The molecule has 25 heavy (non-hydrogen) atoms. The van der Waals surface area contributed by atoms with E-state index in [1.54, 1.807) is 0 Å².